The highest BCUT2D eigenvalue weighted by atomic mass is 16.6. The molecule has 0 radical (unpaired) electrons. The van der Waals surface area contributed by atoms with Gasteiger partial charge in [-0.3, -0.25) is 9.59 Å². The predicted octanol–water partition coefficient (Wildman–Crippen LogP) is 2.93. The van der Waals surface area contributed by atoms with Crippen LogP contribution in [0, 0.1) is 11.8 Å². The Balaban J connectivity index is 1.58. The average Bonchev–Trinajstić information content (AvgIpc) is 3.78. The summed E-state index contributed by atoms with van der Waals surface area (Å²) in [6.45, 7) is 7.08. The van der Waals surface area contributed by atoms with Gasteiger partial charge in [-0.2, -0.15) is 0 Å². The number of hydrogen-bond donors (Lipinski definition) is 1. The molecule has 0 bridgehead atoms. The minimum absolute atomic E-state index is 0.00574. The summed E-state index contributed by atoms with van der Waals surface area (Å²) in [7, 11) is 2.88. The molecule has 2 heterocycles. The third kappa shape index (κ3) is 7.82. The molecule has 11 nitrogen and oxygen atoms in total. The molecular weight excluding hydrogens is 532 g/mol. The van der Waals surface area contributed by atoms with Crippen LogP contribution in [-0.2, 0) is 36.8 Å². The van der Waals surface area contributed by atoms with E-state index < -0.39 is 35.6 Å². The molecule has 0 spiro atoms. The maximum atomic E-state index is 14.1. The second-order valence-electron chi connectivity index (χ2n) is 12.0. The molecule has 1 N–H and O–H groups in total. The van der Waals surface area contributed by atoms with E-state index in [1.165, 1.54) is 12.0 Å². The zero-order chi connectivity index (χ0) is 29.7. The maximum Gasteiger partial charge on any atom is 0.410 e. The van der Waals surface area contributed by atoms with Crippen LogP contribution in [0.15, 0.2) is 12.1 Å². The zero-order valence-corrected chi connectivity index (χ0v) is 24.8. The van der Waals surface area contributed by atoms with Gasteiger partial charge in [0.2, 0.25) is 5.91 Å². The predicted molar refractivity (Wildman–Crippen MR) is 149 cm³/mol. The molecule has 4 rings (SSSR count). The number of carbonyl (C=O) groups is 3. The fourth-order valence-corrected chi connectivity index (χ4v) is 5.38. The Morgan fingerprint density at radius 1 is 1.10 bits per heavy atom. The Labute approximate surface area is 242 Å². The van der Waals surface area contributed by atoms with Crippen molar-refractivity contribution in [1.29, 1.82) is 0 Å². The number of esters is 1. The minimum atomic E-state index is -1.30. The van der Waals surface area contributed by atoms with Crippen LogP contribution in [-0.4, -0.2) is 97.8 Å². The van der Waals surface area contributed by atoms with E-state index in [-0.39, 0.29) is 31.6 Å². The third-order valence-electron chi connectivity index (χ3n) is 7.56. The van der Waals surface area contributed by atoms with Gasteiger partial charge in [0, 0.05) is 51.4 Å². The fourth-order valence-electron chi connectivity index (χ4n) is 5.38. The molecule has 1 saturated heterocycles. The second kappa shape index (κ2) is 13.3. The molecule has 2 amide bonds. The van der Waals surface area contributed by atoms with E-state index in [0.717, 1.165) is 54.7 Å². The van der Waals surface area contributed by atoms with Crippen LogP contribution in [0.1, 0.15) is 57.6 Å². The van der Waals surface area contributed by atoms with Gasteiger partial charge in [-0.15, -0.1) is 0 Å². The molecule has 1 saturated carbocycles. The second-order valence-corrected chi connectivity index (χ2v) is 12.0. The van der Waals surface area contributed by atoms with E-state index in [1.807, 2.05) is 12.1 Å². The molecule has 3 aliphatic rings. The van der Waals surface area contributed by atoms with Crippen LogP contribution in [0.3, 0.4) is 0 Å². The van der Waals surface area contributed by atoms with E-state index in [4.69, 9.17) is 23.7 Å². The Kier molecular flexibility index (Phi) is 10.0. The van der Waals surface area contributed by atoms with E-state index in [1.54, 1.807) is 32.8 Å². The van der Waals surface area contributed by atoms with Gasteiger partial charge < -0.3 is 38.6 Å². The van der Waals surface area contributed by atoms with E-state index >= 15 is 0 Å². The van der Waals surface area contributed by atoms with E-state index in [2.05, 4.69) is 0 Å². The third-order valence-corrected chi connectivity index (χ3v) is 7.56. The van der Waals surface area contributed by atoms with Crippen LogP contribution < -0.4 is 9.47 Å². The molecule has 228 valence electrons. The van der Waals surface area contributed by atoms with Crippen LogP contribution in [0.25, 0.3) is 0 Å². The smallest absolute Gasteiger partial charge is 0.410 e. The first-order valence-corrected chi connectivity index (χ1v) is 14.5. The largest absolute Gasteiger partial charge is 0.493 e. The lowest BCUT2D eigenvalue weighted by molar-refractivity contribution is -0.160. The van der Waals surface area contributed by atoms with Crippen molar-refractivity contribution >= 4 is 18.0 Å². The number of aliphatic hydroxyl groups is 1. The summed E-state index contributed by atoms with van der Waals surface area (Å²) < 4.78 is 27.7. The van der Waals surface area contributed by atoms with Crippen molar-refractivity contribution in [3.63, 3.8) is 0 Å². The SMILES string of the molecule is COCCCOc1cc(CN(C(=O)C2CN(C(=O)OC(C)(C)C)CC(C(=O)OC)C2O)C2CC2)cc2c1CCCO2. The number of nitrogens with zero attached hydrogens (tertiary/aromatic N) is 2. The number of aliphatic hydroxyl groups excluding tert-OH is 1. The van der Waals surface area contributed by atoms with Crippen LogP contribution in [0.2, 0.25) is 0 Å². The molecule has 1 aromatic rings. The first kappa shape index (κ1) is 30.9. The van der Waals surface area contributed by atoms with Crippen molar-refractivity contribution in [1.82, 2.24) is 9.80 Å². The molecule has 3 atom stereocenters. The molecule has 41 heavy (non-hydrogen) atoms. The summed E-state index contributed by atoms with van der Waals surface area (Å²) in [4.78, 5) is 42.7. The van der Waals surface area contributed by atoms with Gasteiger partial charge in [-0.25, -0.2) is 4.79 Å². The number of piperidine rings is 1. The van der Waals surface area contributed by atoms with Crippen molar-refractivity contribution in [2.75, 3.05) is 47.1 Å². The van der Waals surface area contributed by atoms with E-state index in [0.29, 0.717) is 19.8 Å². The van der Waals surface area contributed by atoms with Gasteiger partial charge in [-0.05, 0) is 64.2 Å². The Morgan fingerprint density at radius 3 is 2.49 bits per heavy atom. The summed E-state index contributed by atoms with van der Waals surface area (Å²) in [5.74, 6) is -1.57. The lowest BCUT2D eigenvalue weighted by atomic mass is 9.84. The number of benzene rings is 1. The molecule has 1 aromatic carbocycles. The topological polar surface area (TPSA) is 124 Å². The van der Waals surface area contributed by atoms with Crippen LogP contribution in [0.5, 0.6) is 11.5 Å². The molecule has 3 unspecified atom stereocenters. The van der Waals surface area contributed by atoms with Gasteiger partial charge in [0.15, 0.2) is 0 Å². The van der Waals surface area contributed by atoms with Gasteiger partial charge in [0.05, 0.1) is 32.3 Å². The minimum Gasteiger partial charge on any atom is -0.493 e. The van der Waals surface area contributed by atoms with Crippen molar-refractivity contribution in [3.05, 3.63) is 23.3 Å². The van der Waals surface area contributed by atoms with Gasteiger partial charge in [0.1, 0.15) is 23.0 Å². The number of fused-ring (bicyclic) bond motifs is 1. The van der Waals surface area contributed by atoms with Crippen LogP contribution in [0.4, 0.5) is 4.79 Å². The standard InChI is InChI=1S/C30H44N2O9/c1-30(2,3)41-29(36)31-17-22(26(33)23(18-31)28(35)38-5)27(34)32(20-9-10-20)16-19-14-24-21(8-6-12-39-24)25(15-19)40-13-7-11-37-4/h14-15,20,22-23,26,33H,6-13,16-18H2,1-5H3. The summed E-state index contributed by atoms with van der Waals surface area (Å²) in [5.41, 5.74) is 1.12. The number of amides is 2. The number of methoxy groups -OCH3 is 2. The van der Waals surface area contributed by atoms with Crippen molar-refractivity contribution in [2.24, 2.45) is 11.8 Å². The van der Waals surface area contributed by atoms with E-state index in [9.17, 15) is 19.5 Å². The van der Waals surface area contributed by atoms with Crippen molar-refractivity contribution in [3.8, 4) is 11.5 Å². The molecular formula is C30H44N2O9. The highest BCUT2D eigenvalue weighted by molar-refractivity contribution is 5.84. The lowest BCUT2D eigenvalue weighted by Gasteiger charge is -2.41. The van der Waals surface area contributed by atoms with Gasteiger partial charge >= 0.3 is 12.1 Å². The van der Waals surface area contributed by atoms with Crippen molar-refractivity contribution < 1.29 is 43.2 Å². The lowest BCUT2D eigenvalue weighted by Crippen LogP contribution is -2.59. The zero-order valence-electron chi connectivity index (χ0n) is 24.8. The summed E-state index contributed by atoms with van der Waals surface area (Å²) in [6, 6.07) is 3.93. The van der Waals surface area contributed by atoms with Crippen molar-refractivity contribution in [2.45, 2.75) is 77.2 Å². The number of ether oxygens (including phenoxy) is 5. The highest BCUT2D eigenvalue weighted by Crippen LogP contribution is 2.38. The quantitative estimate of drug-likeness (QED) is 0.331. The number of carbonyl (C=O) groups excluding carboxylic acids is 3. The number of hydrogen-bond acceptors (Lipinski definition) is 9. The molecule has 2 aliphatic heterocycles. The first-order chi connectivity index (χ1) is 19.5. The fraction of sp³-hybridized carbons (Fsp3) is 0.700. The molecule has 2 fully saturated rings. The van der Waals surface area contributed by atoms with Gasteiger partial charge in [0.25, 0.3) is 0 Å². The highest BCUT2D eigenvalue weighted by Gasteiger charge is 2.48. The summed E-state index contributed by atoms with van der Waals surface area (Å²) >= 11 is 0. The maximum absolute atomic E-state index is 14.1. The monoisotopic (exact) mass is 576 g/mol. The Bertz CT molecular complexity index is 1100. The average molecular weight is 577 g/mol. The summed E-state index contributed by atoms with van der Waals surface area (Å²) in [5, 5.41) is 11.2. The molecule has 0 aromatic heterocycles. The number of rotatable bonds is 10. The normalized spacial score (nSPS) is 22.3. The molecule has 11 heteroatoms. The Hall–Kier alpha value is -3.05. The number of likely N-dealkylation sites (tertiary alicyclic amines) is 1. The Morgan fingerprint density at radius 2 is 1.83 bits per heavy atom. The first-order valence-electron chi connectivity index (χ1n) is 14.5. The molecule has 1 aliphatic carbocycles. The summed E-state index contributed by atoms with van der Waals surface area (Å²) in [6.07, 6.45) is 2.24. The van der Waals surface area contributed by atoms with Gasteiger partial charge in [-0.1, -0.05) is 0 Å². The van der Waals surface area contributed by atoms with Crippen LogP contribution >= 0.6 is 0 Å².